The molecular weight excluding hydrogens is 363 g/mol. The van der Waals surface area contributed by atoms with Gasteiger partial charge in [-0.05, 0) is 24.3 Å². The molecule has 0 heterocycles. The number of rotatable bonds is 7. The van der Waals surface area contributed by atoms with Crippen molar-refractivity contribution in [3.05, 3.63) is 60.4 Å². The Morgan fingerprint density at radius 1 is 1.08 bits per heavy atom. The van der Waals surface area contributed by atoms with Crippen LogP contribution in [0.2, 0.25) is 0 Å². The van der Waals surface area contributed by atoms with Gasteiger partial charge in [0.15, 0.2) is 6.61 Å². The van der Waals surface area contributed by atoms with Crippen molar-refractivity contribution in [3.63, 3.8) is 0 Å². The summed E-state index contributed by atoms with van der Waals surface area (Å²) >= 11 is 0. The summed E-state index contributed by atoms with van der Waals surface area (Å²) < 4.78 is 44.1. The number of carbonyl (C=O) groups is 2. The van der Waals surface area contributed by atoms with E-state index in [1.165, 1.54) is 24.1 Å². The highest BCUT2D eigenvalue weighted by Gasteiger charge is 2.20. The Morgan fingerprint density at radius 2 is 1.69 bits per heavy atom. The quantitative estimate of drug-likeness (QED) is 0.731. The van der Waals surface area contributed by atoms with E-state index >= 15 is 0 Å². The van der Waals surface area contributed by atoms with Crippen molar-refractivity contribution in [2.75, 3.05) is 25.1 Å². The summed E-state index contributed by atoms with van der Waals surface area (Å²) in [6.45, 7) is -1.27. The Kier molecular flexibility index (Phi) is 6.42. The maximum absolute atomic E-state index is 13.5. The Hall–Kier alpha value is -2.78. The maximum atomic E-state index is 13.5. The first-order valence-corrected chi connectivity index (χ1v) is 9.01. The number of nitrogens with zero attached hydrogens (tertiary/aromatic N) is 1. The van der Waals surface area contributed by atoms with Crippen LogP contribution in [0, 0.1) is 5.82 Å². The van der Waals surface area contributed by atoms with E-state index in [1.54, 1.807) is 30.3 Å². The molecule has 138 valence electrons. The number of amides is 1. The molecule has 0 aliphatic rings. The SMILES string of the molecule is CN(C(=O)COC(=O)CNS(=O)(=O)c1ccccc1F)c1ccccc1. The highest BCUT2D eigenvalue weighted by molar-refractivity contribution is 7.89. The van der Waals surface area contributed by atoms with Crippen LogP contribution in [0.15, 0.2) is 59.5 Å². The predicted molar refractivity (Wildman–Crippen MR) is 92.4 cm³/mol. The molecule has 0 fully saturated rings. The molecule has 0 aliphatic carbocycles. The first kappa shape index (κ1) is 19.5. The molecule has 26 heavy (non-hydrogen) atoms. The van der Waals surface area contributed by atoms with Gasteiger partial charge in [-0.3, -0.25) is 9.59 Å². The second-order valence-corrected chi connectivity index (χ2v) is 6.94. The number of ether oxygens (including phenoxy) is 1. The van der Waals surface area contributed by atoms with Crippen LogP contribution >= 0.6 is 0 Å². The van der Waals surface area contributed by atoms with Crippen molar-refractivity contribution >= 4 is 27.6 Å². The fraction of sp³-hybridized carbons (Fsp3) is 0.176. The van der Waals surface area contributed by atoms with Gasteiger partial charge in [0.2, 0.25) is 10.0 Å². The number of likely N-dealkylation sites (N-methyl/N-ethyl adjacent to an activating group) is 1. The number of hydrogen-bond donors (Lipinski definition) is 1. The van der Waals surface area contributed by atoms with E-state index in [-0.39, 0.29) is 0 Å². The summed E-state index contributed by atoms with van der Waals surface area (Å²) in [6, 6.07) is 13.5. The summed E-state index contributed by atoms with van der Waals surface area (Å²) in [5.74, 6) is -2.38. The summed E-state index contributed by atoms with van der Waals surface area (Å²) in [5.41, 5.74) is 0.619. The Balaban J connectivity index is 1.85. The predicted octanol–water partition coefficient (Wildman–Crippen LogP) is 1.31. The van der Waals surface area contributed by atoms with Gasteiger partial charge in [0.05, 0.1) is 0 Å². The van der Waals surface area contributed by atoms with Crippen molar-refractivity contribution in [1.29, 1.82) is 0 Å². The topological polar surface area (TPSA) is 92.8 Å². The zero-order chi connectivity index (χ0) is 19.2. The molecule has 0 aliphatic heterocycles. The lowest BCUT2D eigenvalue weighted by atomic mass is 10.3. The van der Waals surface area contributed by atoms with Crippen molar-refractivity contribution in [3.8, 4) is 0 Å². The molecule has 1 amide bonds. The fourth-order valence-corrected chi connectivity index (χ4v) is 3.03. The average Bonchev–Trinajstić information content (AvgIpc) is 2.64. The molecular formula is C17H17FN2O5S. The Morgan fingerprint density at radius 3 is 2.35 bits per heavy atom. The van der Waals surface area contributed by atoms with Gasteiger partial charge in [0, 0.05) is 12.7 Å². The molecule has 0 saturated heterocycles. The molecule has 0 atom stereocenters. The second kappa shape index (κ2) is 8.54. The molecule has 0 saturated carbocycles. The highest BCUT2D eigenvalue weighted by atomic mass is 32.2. The number of para-hydroxylation sites is 1. The lowest BCUT2D eigenvalue weighted by molar-refractivity contribution is -0.146. The van der Waals surface area contributed by atoms with E-state index in [0.29, 0.717) is 5.69 Å². The third-order valence-corrected chi connectivity index (χ3v) is 4.84. The van der Waals surface area contributed by atoms with Crippen LogP contribution in [0.25, 0.3) is 0 Å². The smallest absolute Gasteiger partial charge is 0.321 e. The monoisotopic (exact) mass is 380 g/mol. The summed E-state index contributed by atoms with van der Waals surface area (Å²) in [7, 11) is -2.68. The van der Waals surface area contributed by atoms with Crippen LogP contribution in [0.5, 0.6) is 0 Å². The molecule has 2 aromatic rings. The lowest BCUT2D eigenvalue weighted by Gasteiger charge is -2.17. The third kappa shape index (κ3) is 5.11. The molecule has 7 nitrogen and oxygen atoms in total. The zero-order valence-electron chi connectivity index (χ0n) is 13.9. The average molecular weight is 380 g/mol. The van der Waals surface area contributed by atoms with Crippen LogP contribution in [-0.2, 0) is 24.3 Å². The van der Waals surface area contributed by atoms with Crippen LogP contribution in [0.1, 0.15) is 0 Å². The van der Waals surface area contributed by atoms with Gasteiger partial charge in [-0.2, -0.15) is 4.72 Å². The second-order valence-electron chi connectivity index (χ2n) is 5.20. The van der Waals surface area contributed by atoms with Crippen LogP contribution in [0.4, 0.5) is 10.1 Å². The molecule has 2 rings (SSSR count). The number of hydrogen-bond acceptors (Lipinski definition) is 5. The number of nitrogens with one attached hydrogen (secondary N) is 1. The molecule has 1 N–H and O–H groups in total. The minimum absolute atomic E-state index is 0.485. The normalized spacial score (nSPS) is 11.0. The zero-order valence-corrected chi connectivity index (χ0v) is 14.7. The molecule has 0 spiro atoms. The first-order valence-electron chi connectivity index (χ1n) is 7.52. The van der Waals surface area contributed by atoms with Gasteiger partial charge >= 0.3 is 5.97 Å². The number of benzene rings is 2. The summed E-state index contributed by atoms with van der Waals surface area (Å²) in [6.07, 6.45) is 0. The van der Waals surface area contributed by atoms with Crippen molar-refractivity contribution in [1.82, 2.24) is 4.72 Å². The minimum atomic E-state index is -4.21. The fourth-order valence-electron chi connectivity index (χ4n) is 1.98. The number of anilines is 1. The third-order valence-electron chi connectivity index (χ3n) is 3.41. The van der Waals surface area contributed by atoms with E-state index in [2.05, 4.69) is 0 Å². The molecule has 2 aromatic carbocycles. The maximum Gasteiger partial charge on any atom is 0.321 e. The largest absolute Gasteiger partial charge is 0.455 e. The van der Waals surface area contributed by atoms with Crippen LogP contribution in [-0.4, -0.2) is 40.5 Å². The first-order chi connectivity index (χ1) is 12.3. The lowest BCUT2D eigenvalue weighted by Crippen LogP contribution is -2.35. The van der Waals surface area contributed by atoms with Gasteiger partial charge in [-0.25, -0.2) is 12.8 Å². The van der Waals surface area contributed by atoms with E-state index in [0.717, 1.165) is 12.1 Å². The molecule has 9 heteroatoms. The Bertz CT molecular complexity index is 887. The summed E-state index contributed by atoms with van der Waals surface area (Å²) in [5, 5.41) is 0. The van der Waals surface area contributed by atoms with Crippen LogP contribution in [0.3, 0.4) is 0 Å². The number of esters is 1. The number of carbonyl (C=O) groups excluding carboxylic acids is 2. The number of sulfonamides is 1. The number of halogens is 1. The van der Waals surface area contributed by atoms with E-state index in [9.17, 15) is 22.4 Å². The molecule has 0 radical (unpaired) electrons. The van der Waals surface area contributed by atoms with Gasteiger partial charge < -0.3 is 9.64 Å². The highest BCUT2D eigenvalue weighted by Crippen LogP contribution is 2.13. The molecule has 0 unspecified atom stereocenters. The van der Waals surface area contributed by atoms with E-state index in [4.69, 9.17) is 4.74 Å². The van der Waals surface area contributed by atoms with Crippen molar-refractivity contribution in [2.24, 2.45) is 0 Å². The molecule has 0 aromatic heterocycles. The standard InChI is InChI=1S/C17H17FN2O5S/c1-20(13-7-3-2-4-8-13)16(21)12-25-17(22)11-19-26(23,24)15-10-6-5-9-14(15)18/h2-10,19H,11-12H2,1H3. The van der Waals surface area contributed by atoms with E-state index < -0.39 is 45.8 Å². The van der Waals surface area contributed by atoms with Crippen LogP contribution < -0.4 is 9.62 Å². The van der Waals surface area contributed by atoms with Gasteiger partial charge in [0.1, 0.15) is 17.3 Å². The van der Waals surface area contributed by atoms with Gasteiger partial charge in [0.25, 0.3) is 5.91 Å². The van der Waals surface area contributed by atoms with Crippen molar-refractivity contribution < 1.29 is 27.1 Å². The van der Waals surface area contributed by atoms with E-state index in [1.807, 2.05) is 4.72 Å². The van der Waals surface area contributed by atoms with Crippen molar-refractivity contribution in [2.45, 2.75) is 4.90 Å². The van der Waals surface area contributed by atoms with Gasteiger partial charge in [-0.1, -0.05) is 30.3 Å². The minimum Gasteiger partial charge on any atom is -0.455 e. The Labute approximate surface area is 150 Å². The molecule has 0 bridgehead atoms. The summed E-state index contributed by atoms with van der Waals surface area (Å²) in [4.78, 5) is 24.4. The van der Waals surface area contributed by atoms with Gasteiger partial charge in [-0.15, -0.1) is 0 Å².